The van der Waals surface area contributed by atoms with Gasteiger partial charge in [-0.15, -0.1) is 0 Å². The number of amides is 1. The molecule has 0 bridgehead atoms. The van der Waals surface area contributed by atoms with E-state index in [0.29, 0.717) is 32.1 Å². The van der Waals surface area contributed by atoms with E-state index in [-0.39, 0.29) is 24.0 Å². The van der Waals surface area contributed by atoms with Crippen LogP contribution in [0, 0.1) is 5.92 Å². The minimum atomic E-state index is -5.08. The molecular weight excluding hydrogens is 447 g/mol. The number of carboxylic acids is 1. The summed E-state index contributed by atoms with van der Waals surface area (Å²) < 4.78 is 48.1. The molecule has 9 nitrogen and oxygen atoms in total. The quantitative estimate of drug-likeness (QED) is 0.659. The third-order valence-corrected chi connectivity index (χ3v) is 5.35. The third-order valence-electron chi connectivity index (χ3n) is 5.35. The molecule has 0 aliphatic carbocycles. The molecule has 2 aliphatic heterocycles. The van der Waals surface area contributed by atoms with Crippen molar-refractivity contribution in [2.45, 2.75) is 37.8 Å². The molecule has 3 atom stereocenters. The van der Waals surface area contributed by atoms with Crippen LogP contribution >= 0.6 is 0 Å². The van der Waals surface area contributed by atoms with Gasteiger partial charge < -0.3 is 24.3 Å². The lowest BCUT2D eigenvalue weighted by Gasteiger charge is -2.21. The van der Waals surface area contributed by atoms with Crippen LogP contribution in [0.15, 0.2) is 41.0 Å². The number of aliphatic carboxylic acids is 1. The average molecular weight is 471 g/mol. The monoisotopic (exact) mass is 471 g/mol. The number of alkyl halides is 3. The highest BCUT2D eigenvalue weighted by Gasteiger charge is 2.48. The first-order valence-electron chi connectivity index (χ1n) is 10.1. The van der Waals surface area contributed by atoms with E-state index in [0.717, 1.165) is 17.9 Å². The van der Waals surface area contributed by atoms with Gasteiger partial charge in [0.15, 0.2) is 0 Å². The van der Waals surface area contributed by atoms with Crippen LogP contribution in [0.25, 0.3) is 0 Å². The third kappa shape index (κ3) is 6.45. The first-order chi connectivity index (χ1) is 15.7. The van der Waals surface area contributed by atoms with Crippen molar-refractivity contribution in [3.8, 4) is 5.88 Å². The highest BCUT2D eigenvalue weighted by Crippen LogP contribution is 2.34. The molecule has 1 amide bonds. The predicted octanol–water partition coefficient (Wildman–Crippen LogP) is 2.22. The topological polar surface area (TPSA) is 114 Å². The Morgan fingerprint density at radius 3 is 2.70 bits per heavy atom. The number of hydrogen-bond donors (Lipinski definition) is 2. The summed E-state index contributed by atoms with van der Waals surface area (Å²) in [6.45, 7) is 2.44. The van der Waals surface area contributed by atoms with Crippen LogP contribution < -0.4 is 10.1 Å². The number of ether oxygens (including phenoxy) is 2. The average Bonchev–Trinajstić information content (AvgIpc) is 3.51. The Bertz CT molecular complexity index is 938. The van der Waals surface area contributed by atoms with Crippen molar-refractivity contribution in [2.24, 2.45) is 5.92 Å². The predicted molar refractivity (Wildman–Crippen MR) is 107 cm³/mol. The van der Waals surface area contributed by atoms with Gasteiger partial charge in [-0.05, 0) is 24.6 Å². The van der Waals surface area contributed by atoms with E-state index >= 15 is 0 Å². The summed E-state index contributed by atoms with van der Waals surface area (Å²) >= 11 is 0. The van der Waals surface area contributed by atoms with Gasteiger partial charge >= 0.3 is 12.1 Å². The maximum Gasteiger partial charge on any atom is 0.490 e. The van der Waals surface area contributed by atoms with Crippen molar-refractivity contribution in [2.75, 3.05) is 20.3 Å². The molecule has 0 saturated carbocycles. The van der Waals surface area contributed by atoms with E-state index in [2.05, 4.69) is 15.2 Å². The van der Waals surface area contributed by atoms with Gasteiger partial charge in [0, 0.05) is 31.8 Å². The van der Waals surface area contributed by atoms with Gasteiger partial charge in [-0.2, -0.15) is 13.2 Å². The molecule has 4 rings (SSSR count). The minimum absolute atomic E-state index is 0.0133. The SMILES string of the molecule is COc1cccc(CN2C[C@H](C(=O)NCc3ccco3)[C@H]3OCC[C@H]32)n1.O=C(O)C(F)(F)F. The molecule has 2 aromatic heterocycles. The van der Waals surface area contributed by atoms with Crippen molar-refractivity contribution in [3.05, 3.63) is 48.0 Å². The Morgan fingerprint density at radius 1 is 1.30 bits per heavy atom. The number of carbonyl (C=O) groups is 2. The highest BCUT2D eigenvalue weighted by molar-refractivity contribution is 5.80. The summed E-state index contributed by atoms with van der Waals surface area (Å²) in [5, 5.41) is 10.1. The number of carboxylic acid groups (broad SMARTS) is 1. The lowest BCUT2D eigenvalue weighted by atomic mass is 10.0. The van der Waals surface area contributed by atoms with Gasteiger partial charge in [-0.1, -0.05) is 6.07 Å². The van der Waals surface area contributed by atoms with E-state index in [9.17, 15) is 18.0 Å². The molecule has 2 aromatic rings. The summed E-state index contributed by atoms with van der Waals surface area (Å²) in [6, 6.07) is 9.67. The Labute approximate surface area is 187 Å². The Morgan fingerprint density at radius 2 is 2.06 bits per heavy atom. The van der Waals surface area contributed by atoms with Crippen molar-refractivity contribution in [1.29, 1.82) is 0 Å². The normalized spacial score (nSPS) is 22.2. The summed E-state index contributed by atoms with van der Waals surface area (Å²) in [5.41, 5.74) is 0.937. The lowest BCUT2D eigenvalue weighted by molar-refractivity contribution is -0.192. The number of halogens is 3. The molecule has 0 radical (unpaired) electrons. The summed E-state index contributed by atoms with van der Waals surface area (Å²) in [6.07, 6.45) is -2.59. The second kappa shape index (κ2) is 10.7. The number of rotatable bonds is 6. The molecule has 2 fully saturated rings. The molecule has 0 unspecified atom stereocenters. The van der Waals surface area contributed by atoms with E-state index < -0.39 is 12.1 Å². The molecule has 0 aromatic carbocycles. The number of aromatic nitrogens is 1. The molecule has 12 heteroatoms. The van der Waals surface area contributed by atoms with Crippen LogP contribution in [-0.2, 0) is 27.4 Å². The smallest absolute Gasteiger partial charge is 0.481 e. The van der Waals surface area contributed by atoms with E-state index in [1.165, 1.54) is 0 Å². The van der Waals surface area contributed by atoms with E-state index in [4.69, 9.17) is 23.8 Å². The van der Waals surface area contributed by atoms with Crippen LogP contribution in [0.1, 0.15) is 17.9 Å². The van der Waals surface area contributed by atoms with Crippen molar-refractivity contribution in [3.63, 3.8) is 0 Å². The van der Waals surface area contributed by atoms with Crippen LogP contribution in [0.3, 0.4) is 0 Å². The van der Waals surface area contributed by atoms with Crippen LogP contribution in [0.5, 0.6) is 5.88 Å². The largest absolute Gasteiger partial charge is 0.490 e. The zero-order chi connectivity index (χ0) is 24.0. The van der Waals surface area contributed by atoms with Crippen molar-refractivity contribution < 1.29 is 41.8 Å². The first-order valence-corrected chi connectivity index (χ1v) is 10.1. The van der Waals surface area contributed by atoms with Gasteiger partial charge in [0.2, 0.25) is 11.8 Å². The molecule has 33 heavy (non-hydrogen) atoms. The van der Waals surface area contributed by atoms with Gasteiger partial charge in [-0.3, -0.25) is 9.69 Å². The second-order valence-electron chi connectivity index (χ2n) is 7.50. The van der Waals surface area contributed by atoms with Crippen molar-refractivity contribution >= 4 is 11.9 Å². The number of furan rings is 1. The standard InChI is InChI=1S/C19H23N3O4.C2HF3O2/c1-24-17-6-2-4-13(21-17)11-22-12-15(18-16(22)7-9-26-18)19(23)20-10-14-5-3-8-25-14;3-2(4,5)1(6)7/h2-6,8,15-16,18H,7,9-12H2,1H3,(H,20,23);(H,6,7)/t15-,16+,18+;/m0./s1. The minimum Gasteiger partial charge on any atom is -0.481 e. The van der Waals surface area contributed by atoms with Crippen molar-refractivity contribution in [1.82, 2.24) is 15.2 Å². The highest BCUT2D eigenvalue weighted by atomic mass is 19.4. The van der Waals surface area contributed by atoms with Crippen LogP contribution in [0.4, 0.5) is 13.2 Å². The van der Waals surface area contributed by atoms with Gasteiger partial charge in [0.05, 0.1) is 37.6 Å². The van der Waals surface area contributed by atoms with Gasteiger partial charge in [0.1, 0.15) is 5.76 Å². The number of methoxy groups -OCH3 is 1. The number of likely N-dealkylation sites (tertiary alicyclic amines) is 1. The fraction of sp³-hybridized carbons (Fsp3) is 0.476. The summed E-state index contributed by atoms with van der Waals surface area (Å²) in [7, 11) is 1.61. The second-order valence-corrected chi connectivity index (χ2v) is 7.50. The fourth-order valence-electron chi connectivity index (χ4n) is 3.87. The Kier molecular flexibility index (Phi) is 7.92. The Hall–Kier alpha value is -3.12. The maximum atomic E-state index is 12.7. The van der Waals surface area contributed by atoms with Crippen LogP contribution in [-0.4, -0.2) is 65.5 Å². The summed E-state index contributed by atoms with van der Waals surface area (Å²) in [4.78, 5) is 28.4. The maximum absolute atomic E-state index is 12.7. The molecule has 2 N–H and O–H groups in total. The Balaban J connectivity index is 0.000000383. The van der Waals surface area contributed by atoms with Crippen LogP contribution in [0.2, 0.25) is 0 Å². The van der Waals surface area contributed by atoms with E-state index in [1.807, 2.05) is 30.3 Å². The number of fused-ring (bicyclic) bond motifs is 1. The molecule has 0 spiro atoms. The number of hydrogen-bond acceptors (Lipinski definition) is 7. The fourth-order valence-corrected chi connectivity index (χ4v) is 3.87. The lowest BCUT2D eigenvalue weighted by Crippen LogP contribution is -2.37. The van der Waals surface area contributed by atoms with E-state index in [1.54, 1.807) is 13.4 Å². The number of carbonyl (C=O) groups excluding carboxylic acids is 1. The number of pyridine rings is 1. The molecule has 2 aliphatic rings. The number of nitrogens with one attached hydrogen (secondary N) is 1. The molecule has 180 valence electrons. The zero-order valence-corrected chi connectivity index (χ0v) is 17.7. The van der Waals surface area contributed by atoms with Gasteiger partial charge in [0.25, 0.3) is 0 Å². The zero-order valence-electron chi connectivity index (χ0n) is 17.7. The first kappa shape index (κ1) is 24.5. The molecule has 4 heterocycles. The van der Waals surface area contributed by atoms with Gasteiger partial charge in [-0.25, -0.2) is 9.78 Å². The molecule has 2 saturated heterocycles. The molecular formula is C21H24F3N3O6. The summed E-state index contributed by atoms with van der Waals surface area (Å²) in [5.74, 6) is -1.57. The number of nitrogens with zero attached hydrogens (tertiary/aromatic N) is 2.